The molecule has 0 atom stereocenters. The molecule has 1 aliphatic rings. The first-order valence-electron chi connectivity index (χ1n) is 7.90. The summed E-state index contributed by atoms with van der Waals surface area (Å²) in [5.41, 5.74) is 1.62. The lowest BCUT2D eigenvalue weighted by Gasteiger charge is -2.15. The summed E-state index contributed by atoms with van der Waals surface area (Å²) in [5.74, 6) is 0.906. The van der Waals surface area contributed by atoms with Crippen LogP contribution < -0.4 is 14.4 Å². The molecule has 3 rings (SSSR count). The summed E-state index contributed by atoms with van der Waals surface area (Å²) in [7, 11) is 1.57. The number of methoxy groups -OCH3 is 1. The van der Waals surface area contributed by atoms with Crippen LogP contribution in [-0.2, 0) is 16.0 Å². The van der Waals surface area contributed by atoms with Crippen molar-refractivity contribution < 1.29 is 19.1 Å². The van der Waals surface area contributed by atoms with Crippen molar-refractivity contribution in [1.29, 1.82) is 0 Å². The van der Waals surface area contributed by atoms with Gasteiger partial charge in [-0.3, -0.25) is 9.59 Å². The third kappa shape index (κ3) is 3.56. The average molecular weight is 325 g/mol. The van der Waals surface area contributed by atoms with Crippen LogP contribution in [0, 0.1) is 0 Å². The Morgan fingerprint density at radius 3 is 2.54 bits per heavy atom. The van der Waals surface area contributed by atoms with Crippen molar-refractivity contribution in [3.63, 3.8) is 0 Å². The van der Waals surface area contributed by atoms with Gasteiger partial charge in [0.25, 0.3) is 0 Å². The zero-order valence-electron chi connectivity index (χ0n) is 13.5. The van der Waals surface area contributed by atoms with Gasteiger partial charge in [0.1, 0.15) is 11.5 Å². The Balaban J connectivity index is 1.63. The number of benzene rings is 2. The SMILES string of the molecule is COc1ccccc1CC(=O)Oc1ccc(N2CCCC2=O)cc1. The first-order valence-corrected chi connectivity index (χ1v) is 7.90. The standard InChI is InChI=1S/C19H19NO4/c1-23-17-6-3-2-5-14(17)13-19(22)24-16-10-8-15(9-11-16)20-12-4-7-18(20)21/h2-3,5-6,8-11H,4,7,12-13H2,1H3. The van der Waals surface area contributed by atoms with Gasteiger partial charge in [0, 0.05) is 24.2 Å². The molecule has 2 aromatic rings. The quantitative estimate of drug-likeness (QED) is 0.626. The van der Waals surface area contributed by atoms with Crippen LogP contribution in [0.1, 0.15) is 18.4 Å². The first-order chi connectivity index (χ1) is 11.7. The molecule has 0 N–H and O–H groups in total. The van der Waals surface area contributed by atoms with Crippen molar-refractivity contribution in [3.8, 4) is 11.5 Å². The Hall–Kier alpha value is -2.82. The topological polar surface area (TPSA) is 55.8 Å². The number of hydrogen-bond donors (Lipinski definition) is 0. The van der Waals surface area contributed by atoms with Gasteiger partial charge in [0.05, 0.1) is 13.5 Å². The molecule has 0 radical (unpaired) electrons. The fourth-order valence-corrected chi connectivity index (χ4v) is 2.79. The number of ether oxygens (including phenoxy) is 2. The van der Waals surface area contributed by atoms with E-state index in [9.17, 15) is 9.59 Å². The highest BCUT2D eigenvalue weighted by atomic mass is 16.5. The maximum absolute atomic E-state index is 12.1. The Morgan fingerprint density at radius 2 is 1.88 bits per heavy atom. The van der Waals surface area contributed by atoms with E-state index in [4.69, 9.17) is 9.47 Å². The smallest absolute Gasteiger partial charge is 0.315 e. The Kier molecular flexibility index (Phi) is 4.79. The largest absolute Gasteiger partial charge is 0.496 e. The number of para-hydroxylation sites is 1. The number of amides is 1. The highest BCUT2D eigenvalue weighted by Gasteiger charge is 2.21. The third-order valence-corrected chi connectivity index (χ3v) is 3.98. The lowest BCUT2D eigenvalue weighted by molar-refractivity contribution is -0.133. The van der Waals surface area contributed by atoms with E-state index in [2.05, 4.69) is 0 Å². The number of rotatable bonds is 5. The molecule has 2 aromatic carbocycles. The normalized spacial score (nSPS) is 13.9. The first kappa shape index (κ1) is 16.1. The van der Waals surface area contributed by atoms with Crippen molar-refractivity contribution in [2.24, 2.45) is 0 Å². The molecule has 5 heteroatoms. The summed E-state index contributed by atoms with van der Waals surface area (Å²) >= 11 is 0. The van der Waals surface area contributed by atoms with E-state index < -0.39 is 0 Å². The molecule has 0 bridgehead atoms. The Labute approximate surface area is 140 Å². The van der Waals surface area contributed by atoms with Crippen LogP contribution in [0.2, 0.25) is 0 Å². The third-order valence-electron chi connectivity index (χ3n) is 3.98. The molecule has 1 heterocycles. The van der Waals surface area contributed by atoms with Crippen LogP contribution in [0.15, 0.2) is 48.5 Å². The van der Waals surface area contributed by atoms with Crippen LogP contribution in [0.5, 0.6) is 11.5 Å². The molecule has 0 spiro atoms. The Morgan fingerprint density at radius 1 is 1.12 bits per heavy atom. The second-order valence-electron chi connectivity index (χ2n) is 5.61. The van der Waals surface area contributed by atoms with Gasteiger partial charge in [-0.15, -0.1) is 0 Å². The summed E-state index contributed by atoms with van der Waals surface area (Å²) in [4.78, 5) is 25.6. The minimum absolute atomic E-state index is 0.135. The van der Waals surface area contributed by atoms with Gasteiger partial charge in [-0.25, -0.2) is 0 Å². The van der Waals surface area contributed by atoms with Crippen molar-refractivity contribution in [3.05, 3.63) is 54.1 Å². The number of anilines is 1. The summed E-state index contributed by atoms with van der Waals surface area (Å²) in [6.07, 6.45) is 1.61. The minimum atomic E-state index is -0.357. The molecule has 1 saturated heterocycles. The van der Waals surface area contributed by atoms with Gasteiger partial charge in [-0.1, -0.05) is 18.2 Å². The monoisotopic (exact) mass is 325 g/mol. The number of carbonyl (C=O) groups is 2. The second kappa shape index (κ2) is 7.17. The lowest BCUT2D eigenvalue weighted by atomic mass is 10.1. The maximum atomic E-state index is 12.1. The molecule has 1 aliphatic heterocycles. The van der Waals surface area contributed by atoms with E-state index in [1.807, 2.05) is 24.3 Å². The van der Waals surface area contributed by atoms with Crippen LogP contribution >= 0.6 is 0 Å². The molecular weight excluding hydrogens is 306 g/mol. The van der Waals surface area contributed by atoms with E-state index in [0.29, 0.717) is 17.9 Å². The highest BCUT2D eigenvalue weighted by Crippen LogP contribution is 2.24. The fourth-order valence-electron chi connectivity index (χ4n) is 2.79. The van der Waals surface area contributed by atoms with Gasteiger partial charge < -0.3 is 14.4 Å². The van der Waals surface area contributed by atoms with Gasteiger partial charge >= 0.3 is 5.97 Å². The van der Waals surface area contributed by atoms with Crippen molar-refractivity contribution in [2.45, 2.75) is 19.3 Å². The second-order valence-corrected chi connectivity index (χ2v) is 5.61. The van der Waals surface area contributed by atoms with E-state index in [0.717, 1.165) is 24.2 Å². The number of hydrogen-bond acceptors (Lipinski definition) is 4. The predicted molar refractivity (Wildman–Crippen MR) is 90.4 cm³/mol. The van der Waals surface area contributed by atoms with Crippen molar-refractivity contribution in [1.82, 2.24) is 0 Å². The number of esters is 1. The summed E-state index contributed by atoms with van der Waals surface area (Å²) in [5, 5.41) is 0. The molecule has 0 saturated carbocycles. The molecule has 0 aromatic heterocycles. The zero-order chi connectivity index (χ0) is 16.9. The van der Waals surface area contributed by atoms with Gasteiger partial charge in [-0.2, -0.15) is 0 Å². The molecule has 5 nitrogen and oxygen atoms in total. The predicted octanol–water partition coefficient (Wildman–Crippen LogP) is 2.97. The van der Waals surface area contributed by atoms with E-state index in [-0.39, 0.29) is 18.3 Å². The fraction of sp³-hybridized carbons (Fsp3) is 0.263. The molecule has 0 aliphatic carbocycles. The number of nitrogens with zero attached hydrogens (tertiary/aromatic N) is 1. The average Bonchev–Trinajstić information content (AvgIpc) is 3.02. The lowest BCUT2D eigenvalue weighted by Crippen LogP contribution is -2.23. The summed E-state index contributed by atoms with van der Waals surface area (Å²) in [6, 6.07) is 14.4. The maximum Gasteiger partial charge on any atom is 0.315 e. The zero-order valence-corrected chi connectivity index (χ0v) is 13.5. The van der Waals surface area contributed by atoms with E-state index >= 15 is 0 Å². The summed E-state index contributed by atoms with van der Waals surface area (Å²) in [6.45, 7) is 0.742. The minimum Gasteiger partial charge on any atom is -0.496 e. The molecular formula is C19H19NO4. The van der Waals surface area contributed by atoms with Crippen LogP contribution in [0.25, 0.3) is 0 Å². The number of carbonyl (C=O) groups excluding carboxylic acids is 2. The molecule has 124 valence electrons. The van der Waals surface area contributed by atoms with E-state index in [1.165, 1.54) is 0 Å². The Bertz CT molecular complexity index is 739. The van der Waals surface area contributed by atoms with Crippen LogP contribution in [0.4, 0.5) is 5.69 Å². The highest BCUT2D eigenvalue weighted by molar-refractivity contribution is 5.95. The molecule has 1 fully saturated rings. The molecule has 0 unspecified atom stereocenters. The van der Waals surface area contributed by atoms with E-state index in [1.54, 1.807) is 36.3 Å². The molecule has 1 amide bonds. The van der Waals surface area contributed by atoms with Gasteiger partial charge in [0.15, 0.2) is 0 Å². The van der Waals surface area contributed by atoms with Crippen molar-refractivity contribution in [2.75, 3.05) is 18.6 Å². The van der Waals surface area contributed by atoms with Gasteiger partial charge in [-0.05, 0) is 36.8 Å². The van der Waals surface area contributed by atoms with Crippen LogP contribution in [-0.4, -0.2) is 25.5 Å². The molecule has 24 heavy (non-hydrogen) atoms. The van der Waals surface area contributed by atoms with Crippen molar-refractivity contribution >= 4 is 17.6 Å². The van der Waals surface area contributed by atoms with Crippen LogP contribution in [0.3, 0.4) is 0 Å². The summed E-state index contributed by atoms with van der Waals surface area (Å²) < 4.78 is 10.6. The van der Waals surface area contributed by atoms with Gasteiger partial charge in [0.2, 0.25) is 5.91 Å².